The minimum absolute atomic E-state index is 0.0799. The topological polar surface area (TPSA) is 88.9 Å². The maximum atomic E-state index is 13.0. The highest BCUT2D eigenvalue weighted by Crippen LogP contribution is 2.31. The maximum Gasteiger partial charge on any atom is 0.270 e. The number of para-hydroxylation sites is 1. The summed E-state index contributed by atoms with van der Waals surface area (Å²) in [5, 5.41) is 22.8. The van der Waals surface area contributed by atoms with Gasteiger partial charge in [-0.3, -0.25) is 14.9 Å². The summed E-state index contributed by atoms with van der Waals surface area (Å²) in [5.41, 5.74) is 3.10. The third-order valence-electron chi connectivity index (χ3n) is 5.60. The molecule has 0 saturated heterocycles. The van der Waals surface area contributed by atoms with E-state index >= 15 is 0 Å². The number of nitriles is 1. The molecule has 0 saturated carbocycles. The smallest absolute Gasteiger partial charge is 0.270 e. The molecule has 0 atom stereocenters. The molecule has 0 aliphatic rings. The fourth-order valence-electron chi connectivity index (χ4n) is 3.87. The lowest BCUT2D eigenvalue weighted by Gasteiger charge is -2.10. The molecule has 0 aliphatic carbocycles. The first-order valence-corrected chi connectivity index (χ1v) is 11.0. The monoisotopic (exact) mass is 489 g/mol. The zero-order valence-corrected chi connectivity index (χ0v) is 19.5. The molecule has 3 aromatic carbocycles. The number of non-ortho nitro benzene ring substituents is 1. The summed E-state index contributed by atoms with van der Waals surface area (Å²) in [4.78, 5) is 23.5. The number of hydrogen-bond donors (Lipinski definition) is 0. The zero-order chi connectivity index (χ0) is 24.4. The van der Waals surface area contributed by atoms with Gasteiger partial charge in [0.05, 0.1) is 4.92 Å². The summed E-state index contributed by atoms with van der Waals surface area (Å²) in [6.07, 6.45) is 1.54. The molecule has 0 bridgehead atoms. The quantitative estimate of drug-likeness (QED) is 0.0957. The molecular weight excluding hydrogens is 473 g/mol. The van der Waals surface area contributed by atoms with Crippen LogP contribution in [0.2, 0.25) is 10.0 Å². The first kappa shape index (κ1) is 23.2. The maximum absolute atomic E-state index is 13.0. The molecule has 0 amide bonds. The van der Waals surface area contributed by atoms with Crippen LogP contribution in [0.15, 0.2) is 72.3 Å². The largest absolute Gasteiger partial charge is 0.340 e. The van der Waals surface area contributed by atoms with Crippen LogP contribution in [0.25, 0.3) is 17.0 Å². The standard InChI is InChI=1S/C26H17Cl2N3O3/c1-16-23(12-19(14-29)26(32)17-5-4-6-21(11-17)31(33)34)22-7-2-3-8-25(22)30(16)15-18-9-10-20(27)13-24(18)28/h2-13H,15H2,1H3/b19-12+. The number of Topliss-reactive ketones (excluding diaryl/α,β-unsaturated/α-hetero) is 1. The van der Waals surface area contributed by atoms with Crippen molar-refractivity contribution in [1.82, 2.24) is 4.57 Å². The van der Waals surface area contributed by atoms with Gasteiger partial charge in [-0.25, -0.2) is 0 Å². The first-order valence-electron chi connectivity index (χ1n) is 10.2. The van der Waals surface area contributed by atoms with Crippen molar-refractivity contribution in [3.63, 3.8) is 0 Å². The highest BCUT2D eigenvalue weighted by Gasteiger charge is 2.19. The summed E-state index contributed by atoms with van der Waals surface area (Å²) in [7, 11) is 0. The Bertz CT molecular complexity index is 1530. The Balaban J connectivity index is 1.82. The number of ketones is 1. The number of halogens is 2. The van der Waals surface area contributed by atoms with Crippen LogP contribution in [0.1, 0.15) is 27.2 Å². The second-order valence-corrected chi connectivity index (χ2v) is 8.49. The van der Waals surface area contributed by atoms with Crippen LogP contribution in [0, 0.1) is 28.4 Å². The number of carbonyl (C=O) groups is 1. The number of nitrogens with zero attached hydrogens (tertiary/aromatic N) is 3. The van der Waals surface area contributed by atoms with Crippen molar-refractivity contribution in [3.8, 4) is 6.07 Å². The number of carbonyl (C=O) groups excluding carboxylic acids is 1. The predicted molar refractivity (Wildman–Crippen MR) is 133 cm³/mol. The third kappa shape index (κ3) is 4.44. The van der Waals surface area contributed by atoms with Gasteiger partial charge in [0.2, 0.25) is 5.78 Å². The van der Waals surface area contributed by atoms with Crippen LogP contribution in [0.5, 0.6) is 0 Å². The van der Waals surface area contributed by atoms with Crippen LogP contribution >= 0.6 is 23.2 Å². The second kappa shape index (κ2) is 9.52. The van der Waals surface area contributed by atoms with Gasteiger partial charge < -0.3 is 4.57 Å². The number of hydrogen-bond acceptors (Lipinski definition) is 4. The van der Waals surface area contributed by atoms with E-state index in [2.05, 4.69) is 4.57 Å². The summed E-state index contributed by atoms with van der Waals surface area (Å²) in [6, 6.07) is 20.3. The molecule has 0 unspecified atom stereocenters. The Morgan fingerprint density at radius 3 is 2.59 bits per heavy atom. The number of aromatic nitrogens is 1. The Morgan fingerprint density at radius 1 is 1.12 bits per heavy atom. The number of nitro benzene ring substituents is 1. The van der Waals surface area contributed by atoms with Crippen molar-refractivity contribution in [2.24, 2.45) is 0 Å². The molecule has 6 nitrogen and oxygen atoms in total. The summed E-state index contributed by atoms with van der Waals surface area (Å²) < 4.78 is 2.06. The van der Waals surface area contributed by atoms with E-state index in [-0.39, 0.29) is 16.8 Å². The SMILES string of the molecule is Cc1c(/C=C(\C#N)C(=O)c2cccc([N+](=O)[O-])c2)c2ccccc2n1Cc1ccc(Cl)cc1Cl. The van der Waals surface area contributed by atoms with Crippen LogP contribution in [0.3, 0.4) is 0 Å². The van der Waals surface area contributed by atoms with Crippen LogP contribution in [0.4, 0.5) is 5.69 Å². The van der Waals surface area contributed by atoms with Gasteiger partial charge in [-0.15, -0.1) is 0 Å². The van der Waals surface area contributed by atoms with E-state index in [1.807, 2.05) is 43.3 Å². The van der Waals surface area contributed by atoms with Crippen LogP contribution in [-0.2, 0) is 6.54 Å². The average Bonchev–Trinajstić information content (AvgIpc) is 3.09. The van der Waals surface area contributed by atoms with Crippen molar-refractivity contribution in [1.29, 1.82) is 5.26 Å². The second-order valence-electron chi connectivity index (χ2n) is 7.64. The summed E-state index contributed by atoms with van der Waals surface area (Å²) in [5.74, 6) is -0.580. The van der Waals surface area contributed by atoms with E-state index in [1.54, 1.807) is 18.2 Å². The van der Waals surface area contributed by atoms with Crippen molar-refractivity contribution in [2.45, 2.75) is 13.5 Å². The summed E-state index contributed by atoms with van der Waals surface area (Å²) >= 11 is 12.4. The Hall–Kier alpha value is -3.92. The minimum Gasteiger partial charge on any atom is -0.340 e. The lowest BCUT2D eigenvalue weighted by atomic mass is 10.0. The van der Waals surface area contributed by atoms with E-state index in [1.165, 1.54) is 24.3 Å². The molecule has 4 aromatic rings. The van der Waals surface area contributed by atoms with Crippen molar-refractivity contribution >= 4 is 51.7 Å². The zero-order valence-electron chi connectivity index (χ0n) is 18.0. The molecule has 168 valence electrons. The van der Waals surface area contributed by atoms with Gasteiger partial charge in [-0.2, -0.15) is 5.26 Å². The molecule has 0 N–H and O–H groups in total. The Morgan fingerprint density at radius 2 is 1.88 bits per heavy atom. The number of nitro groups is 1. The molecule has 8 heteroatoms. The molecule has 0 fully saturated rings. The number of benzene rings is 3. The van der Waals surface area contributed by atoms with E-state index in [9.17, 15) is 20.2 Å². The van der Waals surface area contributed by atoms with Crippen molar-refractivity contribution in [2.75, 3.05) is 0 Å². The molecule has 34 heavy (non-hydrogen) atoms. The van der Waals surface area contributed by atoms with Gasteiger partial charge in [0.25, 0.3) is 5.69 Å². The Labute approximate surface area is 205 Å². The molecule has 0 radical (unpaired) electrons. The molecular formula is C26H17Cl2N3O3. The highest BCUT2D eigenvalue weighted by molar-refractivity contribution is 6.35. The van der Waals surface area contributed by atoms with E-state index in [4.69, 9.17) is 23.2 Å². The van der Waals surface area contributed by atoms with Crippen LogP contribution in [-0.4, -0.2) is 15.3 Å². The molecule has 1 heterocycles. The number of allylic oxidation sites excluding steroid dienone is 1. The number of rotatable bonds is 6. The first-order chi connectivity index (χ1) is 16.3. The normalized spacial score (nSPS) is 11.4. The summed E-state index contributed by atoms with van der Waals surface area (Å²) in [6.45, 7) is 2.37. The van der Waals surface area contributed by atoms with Gasteiger partial charge in [-0.05, 0) is 36.8 Å². The van der Waals surface area contributed by atoms with Crippen molar-refractivity contribution < 1.29 is 9.72 Å². The third-order valence-corrected chi connectivity index (χ3v) is 6.18. The fourth-order valence-corrected chi connectivity index (χ4v) is 4.34. The van der Waals surface area contributed by atoms with Gasteiger partial charge >= 0.3 is 0 Å². The molecule has 0 aliphatic heterocycles. The van der Waals surface area contributed by atoms with Crippen LogP contribution < -0.4 is 0 Å². The lowest BCUT2D eigenvalue weighted by Crippen LogP contribution is -2.04. The van der Waals surface area contributed by atoms with Crippen molar-refractivity contribution in [3.05, 3.63) is 115 Å². The minimum atomic E-state index is -0.580. The molecule has 1 aromatic heterocycles. The highest BCUT2D eigenvalue weighted by atomic mass is 35.5. The van der Waals surface area contributed by atoms with E-state index in [0.29, 0.717) is 16.6 Å². The molecule has 4 rings (SSSR count). The van der Waals surface area contributed by atoms with Gasteiger partial charge in [0, 0.05) is 56.4 Å². The Kier molecular flexibility index (Phi) is 6.51. The predicted octanol–water partition coefficient (Wildman–Crippen LogP) is 7.00. The molecule has 0 spiro atoms. The van der Waals surface area contributed by atoms with Gasteiger partial charge in [0.15, 0.2) is 0 Å². The van der Waals surface area contributed by atoms with Gasteiger partial charge in [-0.1, -0.05) is 59.6 Å². The average molecular weight is 490 g/mol. The van der Waals surface area contributed by atoms with E-state index < -0.39 is 10.7 Å². The van der Waals surface area contributed by atoms with E-state index in [0.717, 1.165) is 27.7 Å². The lowest BCUT2D eigenvalue weighted by molar-refractivity contribution is -0.384. The van der Waals surface area contributed by atoms with Gasteiger partial charge in [0.1, 0.15) is 11.6 Å². The number of fused-ring (bicyclic) bond motifs is 1. The fraction of sp³-hybridized carbons (Fsp3) is 0.0769.